The van der Waals surface area contributed by atoms with Gasteiger partial charge in [-0.25, -0.2) is 0 Å². The highest BCUT2D eigenvalue weighted by Gasteiger charge is 1.99. The van der Waals surface area contributed by atoms with Crippen LogP contribution >= 0.6 is 0 Å². The van der Waals surface area contributed by atoms with Gasteiger partial charge in [0.15, 0.2) is 0 Å². The van der Waals surface area contributed by atoms with Crippen molar-refractivity contribution in [3.8, 4) is 6.07 Å². The van der Waals surface area contributed by atoms with Crippen molar-refractivity contribution in [1.29, 1.82) is 5.26 Å². The number of hydrogen-bond acceptors (Lipinski definition) is 4. The number of rotatable bonds is 4. The molecule has 0 radical (unpaired) electrons. The maximum atomic E-state index is 8.47. The molecule has 0 heterocycles. The predicted octanol–water partition coefficient (Wildman–Crippen LogP) is 1.33. The van der Waals surface area contributed by atoms with Crippen molar-refractivity contribution in [3.05, 3.63) is 29.8 Å². The fraction of sp³-hybridized carbons (Fsp3) is 0.273. The summed E-state index contributed by atoms with van der Waals surface area (Å²) in [5.41, 5.74) is 2.05. The second-order valence-electron chi connectivity index (χ2n) is 3.20. The third kappa shape index (κ3) is 3.31. The topological polar surface area (TPSA) is 65.4 Å². The van der Waals surface area contributed by atoms with Crippen LogP contribution in [0.15, 0.2) is 29.4 Å². The van der Waals surface area contributed by atoms with Crippen molar-refractivity contribution in [2.24, 2.45) is 10.9 Å². The molecule has 1 rings (SSSR count). The number of hydrazone groups is 1. The van der Waals surface area contributed by atoms with E-state index in [1.807, 2.05) is 36.2 Å². The first-order chi connectivity index (χ1) is 7.27. The maximum Gasteiger partial charge on any atom is 0.0640 e. The molecule has 0 aliphatic carbocycles. The molecule has 1 aromatic carbocycles. The molecule has 0 saturated carbocycles. The normalized spacial score (nSPS) is 10.1. The van der Waals surface area contributed by atoms with Crippen LogP contribution in [0.5, 0.6) is 0 Å². The molecule has 0 unspecified atom stereocenters. The lowest BCUT2D eigenvalue weighted by Crippen LogP contribution is -2.17. The lowest BCUT2D eigenvalue weighted by atomic mass is 10.2. The highest BCUT2D eigenvalue weighted by Crippen LogP contribution is 2.12. The van der Waals surface area contributed by atoms with Crippen LogP contribution in [-0.4, -0.2) is 19.8 Å². The molecule has 0 spiro atoms. The van der Waals surface area contributed by atoms with Crippen LogP contribution in [0.3, 0.4) is 0 Å². The van der Waals surface area contributed by atoms with E-state index in [9.17, 15) is 0 Å². The molecule has 0 saturated heterocycles. The van der Waals surface area contributed by atoms with E-state index in [4.69, 9.17) is 11.1 Å². The summed E-state index contributed by atoms with van der Waals surface area (Å²) in [5, 5.41) is 11.9. The van der Waals surface area contributed by atoms with E-state index >= 15 is 0 Å². The highest BCUT2D eigenvalue weighted by atomic mass is 15.1. The molecule has 0 aliphatic rings. The van der Waals surface area contributed by atoms with Gasteiger partial charge < -0.3 is 10.7 Å². The van der Waals surface area contributed by atoms with Crippen molar-refractivity contribution in [3.63, 3.8) is 0 Å². The van der Waals surface area contributed by atoms with Crippen LogP contribution in [-0.2, 0) is 0 Å². The van der Waals surface area contributed by atoms with Crippen molar-refractivity contribution in [2.75, 3.05) is 18.5 Å². The number of nitrogens with zero attached hydrogens (tertiary/aromatic N) is 3. The molecule has 15 heavy (non-hydrogen) atoms. The van der Waals surface area contributed by atoms with Gasteiger partial charge in [-0.05, 0) is 17.7 Å². The summed E-state index contributed by atoms with van der Waals surface area (Å²) in [6.45, 7) is 0.737. The Bertz CT molecular complexity index is 361. The number of nitrogens with two attached hydrogens (primary N) is 1. The summed E-state index contributed by atoms with van der Waals surface area (Å²) in [7, 11) is 1.96. The van der Waals surface area contributed by atoms with E-state index in [0.717, 1.165) is 17.8 Å². The molecule has 0 aliphatic heterocycles. The van der Waals surface area contributed by atoms with Gasteiger partial charge in [0.2, 0.25) is 0 Å². The summed E-state index contributed by atoms with van der Waals surface area (Å²) in [6, 6.07) is 9.96. The molecule has 4 heteroatoms. The average molecular weight is 202 g/mol. The van der Waals surface area contributed by atoms with Gasteiger partial charge in [0.05, 0.1) is 18.7 Å². The Kier molecular flexibility index (Phi) is 4.17. The average Bonchev–Trinajstić information content (AvgIpc) is 2.27. The minimum Gasteiger partial charge on any atom is -0.374 e. The van der Waals surface area contributed by atoms with Crippen LogP contribution in [0.25, 0.3) is 0 Å². The molecule has 1 aromatic rings. The van der Waals surface area contributed by atoms with E-state index in [1.54, 1.807) is 6.21 Å². The minimum atomic E-state index is 0.530. The lowest BCUT2D eigenvalue weighted by molar-refractivity contribution is 0.905. The highest BCUT2D eigenvalue weighted by molar-refractivity contribution is 5.80. The van der Waals surface area contributed by atoms with Gasteiger partial charge in [-0.3, -0.25) is 0 Å². The first-order valence-electron chi connectivity index (χ1n) is 4.69. The molecule has 78 valence electrons. The molecule has 0 bridgehead atoms. The SMILES string of the molecule is CN(CCC#N)c1ccc(/C=N\N)cc1. The minimum absolute atomic E-state index is 0.530. The Morgan fingerprint density at radius 1 is 1.47 bits per heavy atom. The van der Waals surface area contributed by atoms with E-state index in [-0.39, 0.29) is 0 Å². The Balaban J connectivity index is 2.67. The standard InChI is InChI=1S/C11H14N4/c1-15(8-2-7-12)11-5-3-10(4-6-11)9-14-13/h3-6,9H,2,8,13H2,1H3/b14-9-. The molecule has 0 atom stereocenters. The van der Waals surface area contributed by atoms with Crippen LogP contribution in [0, 0.1) is 11.3 Å². The number of hydrogen-bond donors (Lipinski definition) is 1. The van der Waals surface area contributed by atoms with E-state index < -0.39 is 0 Å². The van der Waals surface area contributed by atoms with Gasteiger partial charge in [0.1, 0.15) is 0 Å². The maximum absolute atomic E-state index is 8.47. The quantitative estimate of drug-likeness (QED) is 0.455. The molecule has 4 nitrogen and oxygen atoms in total. The fourth-order valence-electron chi connectivity index (χ4n) is 1.25. The summed E-state index contributed by atoms with van der Waals surface area (Å²) < 4.78 is 0. The summed E-state index contributed by atoms with van der Waals surface area (Å²) in [6.07, 6.45) is 2.13. The van der Waals surface area contributed by atoms with E-state index in [1.165, 1.54) is 0 Å². The molecule has 2 N–H and O–H groups in total. The first-order valence-corrected chi connectivity index (χ1v) is 4.69. The van der Waals surface area contributed by atoms with Crippen molar-refractivity contribution >= 4 is 11.9 Å². The van der Waals surface area contributed by atoms with Crippen LogP contribution in [0.4, 0.5) is 5.69 Å². The summed E-state index contributed by atoms with van der Waals surface area (Å²) >= 11 is 0. The largest absolute Gasteiger partial charge is 0.374 e. The van der Waals surface area contributed by atoms with Gasteiger partial charge in [0.25, 0.3) is 0 Å². The Hall–Kier alpha value is -2.02. The molecular weight excluding hydrogens is 188 g/mol. The molecule has 0 fully saturated rings. The third-order valence-electron chi connectivity index (χ3n) is 2.12. The summed E-state index contributed by atoms with van der Waals surface area (Å²) in [4.78, 5) is 2.03. The van der Waals surface area contributed by atoms with Gasteiger partial charge in [-0.1, -0.05) is 12.1 Å². The number of anilines is 1. The number of benzene rings is 1. The van der Waals surface area contributed by atoms with Gasteiger partial charge in [-0.15, -0.1) is 0 Å². The predicted molar refractivity (Wildman–Crippen MR) is 61.7 cm³/mol. The van der Waals surface area contributed by atoms with Crippen molar-refractivity contribution < 1.29 is 0 Å². The third-order valence-corrected chi connectivity index (χ3v) is 2.12. The van der Waals surface area contributed by atoms with Crippen LogP contribution in [0.1, 0.15) is 12.0 Å². The monoisotopic (exact) mass is 202 g/mol. The number of nitriles is 1. The van der Waals surface area contributed by atoms with Gasteiger partial charge >= 0.3 is 0 Å². The Morgan fingerprint density at radius 2 is 2.13 bits per heavy atom. The summed E-state index contributed by atoms with van der Waals surface area (Å²) in [5.74, 6) is 5.05. The molecule has 0 aromatic heterocycles. The van der Waals surface area contributed by atoms with Crippen LogP contribution in [0.2, 0.25) is 0 Å². The van der Waals surface area contributed by atoms with E-state index in [2.05, 4.69) is 11.2 Å². The Morgan fingerprint density at radius 3 is 2.67 bits per heavy atom. The fourth-order valence-corrected chi connectivity index (χ4v) is 1.25. The Labute approximate surface area is 89.6 Å². The van der Waals surface area contributed by atoms with Crippen molar-refractivity contribution in [2.45, 2.75) is 6.42 Å². The second kappa shape index (κ2) is 5.66. The zero-order valence-electron chi connectivity index (χ0n) is 8.72. The van der Waals surface area contributed by atoms with E-state index in [0.29, 0.717) is 6.42 Å². The molecule has 0 amide bonds. The van der Waals surface area contributed by atoms with Gasteiger partial charge in [0, 0.05) is 19.3 Å². The van der Waals surface area contributed by atoms with Gasteiger partial charge in [-0.2, -0.15) is 10.4 Å². The van der Waals surface area contributed by atoms with Crippen LogP contribution < -0.4 is 10.7 Å². The van der Waals surface area contributed by atoms with Crippen molar-refractivity contribution in [1.82, 2.24) is 0 Å². The lowest BCUT2D eigenvalue weighted by Gasteiger charge is -2.17. The second-order valence-corrected chi connectivity index (χ2v) is 3.20. The first kappa shape index (κ1) is 11.1. The smallest absolute Gasteiger partial charge is 0.0640 e. The zero-order chi connectivity index (χ0) is 11.1. The zero-order valence-corrected chi connectivity index (χ0v) is 8.72. The molecular formula is C11H14N4.